The van der Waals surface area contributed by atoms with E-state index < -0.39 is 0 Å². The highest BCUT2D eigenvalue weighted by molar-refractivity contribution is 4.77. The van der Waals surface area contributed by atoms with Gasteiger partial charge in [-0.25, -0.2) is 0 Å². The third kappa shape index (κ3) is 10.2. The first kappa shape index (κ1) is 19.5. The van der Waals surface area contributed by atoms with Gasteiger partial charge in [-0.1, -0.05) is 64.7 Å². The van der Waals surface area contributed by atoms with Gasteiger partial charge in [-0.3, -0.25) is 0 Å². The van der Waals surface area contributed by atoms with Gasteiger partial charge in [0, 0.05) is 6.61 Å². The highest BCUT2D eigenvalue weighted by atomic mass is 16.7. The first-order valence-corrected chi connectivity index (χ1v) is 9.50. The molecule has 0 aromatic heterocycles. The zero-order valence-electron chi connectivity index (χ0n) is 14.5. The summed E-state index contributed by atoms with van der Waals surface area (Å²) in [6.07, 6.45) is 16.8. The topological polar surface area (TPSA) is 42.2 Å². The van der Waals surface area contributed by atoms with E-state index in [1.165, 1.54) is 64.2 Å². The molecule has 0 N–H and O–H groups in total. The second-order valence-corrected chi connectivity index (χ2v) is 6.53. The maximum atomic E-state index is 8.94. The molecule has 1 saturated heterocycles. The van der Waals surface area contributed by atoms with Crippen LogP contribution in [0, 0.1) is 11.3 Å². The van der Waals surface area contributed by atoms with Gasteiger partial charge < -0.3 is 9.47 Å². The Bertz CT molecular complexity index is 282. The van der Waals surface area contributed by atoms with Crippen LogP contribution < -0.4 is 0 Å². The van der Waals surface area contributed by atoms with Gasteiger partial charge in [-0.15, -0.1) is 0 Å². The van der Waals surface area contributed by atoms with Crippen LogP contribution in [0.2, 0.25) is 0 Å². The lowest BCUT2D eigenvalue weighted by molar-refractivity contribution is -0.188. The first-order valence-electron chi connectivity index (χ1n) is 9.50. The van der Waals surface area contributed by atoms with E-state index in [-0.39, 0.29) is 12.4 Å². The van der Waals surface area contributed by atoms with Crippen molar-refractivity contribution in [2.75, 3.05) is 6.61 Å². The predicted molar refractivity (Wildman–Crippen MR) is 90.5 cm³/mol. The molecule has 3 heteroatoms. The van der Waals surface area contributed by atoms with Crippen molar-refractivity contribution in [2.45, 2.75) is 109 Å². The number of hydrogen-bond donors (Lipinski definition) is 0. The molecular weight excluding hydrogens is 274 g/mol. The van der Waals surface area contributed by atoms with Crippen LogP contribution in [0.1, 0.15) is 96.8 Å². The Labute approximate surface area is 137 Å². The van der Waals surface area contributed by atoms with Crippen LogP contribution in [0.15, 0.2) is 0 Å². The van der Waals surface area contributed by atoms with E-state index >= 15 is 0 Å². The molecule has 0 aliphatic carbocycles. The van der Waals surface area contributed by atoms with Gasteiger partial charge in [0.25, 0.3) is 0 Å². The van der Waals surface area contributed by atoms with Gasteiger partial charge in [0.2, 0.25) is 0 Å². The highest BCUT2D eigenvalue weighted by Crippen LogP contribution is 2.20. The SMILES string of the molecule is CCCCCCCCCCCC(CC#N)OC1CCCCO1. The summed E-state index contributed by atoms with van der Waals surface area (Å²) < 4.78 is 11.6. The number of nitrogens with zero attached hydrogens (tertiary/aromatic N) is 1. The van der Waals surface area contributed by atoms with Gasteiger partial charge in [0.1, 0.15) is 0 Å². The lowest BCUT2D eigenvalue weighted by Crippen LogP contribution is -2.27. The summed E-state index contributed by atoms with van der Waals surface area (Å²) in [7, 11) is 0. The summed E-state index contributed by atoms with van der Waals surface area (Å²) in [6, 6.07) is 2.26. The Morgan fingerprint density at radius 2 is 1.73 bits per heavy atom. The van der Waals surface area contributed by atoms with Crippen molar-refractivity contribution >= 4 is 0 Å². The molecule has 2 unspecified atom stereocenters. The molecule has 3 nitrogen and oxygen atoms in total. The molecule has 0 radical (unpaired) electrons. The molecule has 2 atom stereocenters. The van der Waals surface area contributed by atoms with E-state index in [1.807, 2.05) is 0 Å². The minimum absolute atomic E-state index is 0.0642. The van der Waals surface area contributed by atoms with E-state index in [4.69, 9.17) is 14.7 Å². The molecule has 22 heavy (non-hydrogen) atoms. The Kier molecular flexibility index (Phi) is 12.4. The fourth-order valence-electron chi connectivity index (χ4n) is 3.04. The molecule has 0 bridgehead atoms. The van der Waals surface area contributed by atoms with Crippen LogP contribution in [0.3, 0.4) is 0 Å². The molecule has 0 spiro atoms. The number of unbranched alkanes of at least 4 members (excludes halogenated alkanes) is 8. The minimum atomic E-state index is -0.0642. The van der Waals surface area contributed by atoms with E-state index in [1.54, 1.807) is 0 Å². The van der Waals surface area contributed by atoms with E-state index in [9.17, 15) is 0 Å². The fraction of sp³-hybridized carbons (Fsp3) is 0.947. The van der Waals surface area contributed by atoms with Crippen molar-refractivity contribution in [1.82, 2.24) is 0 Å². The van der Waals surface area contributed by atoms with E-state index in [2.05, 4.69) is 13.0 Å². The quantitative estimate of drug-likeness (QED) is 0.408. The average Bonchev–Trinajstić information content (AvgIpc) is 2.54. The second-order valence-electron chi connectivity index (χ2n) is 6.53. The van der Waals surface area contributed by atoms with Crippen molar-refractivity contribution < 1.29 is 9.47 Å². The third-order valence-electron chi connectivity index (χ3n) is 4.43. The predicted octanol–water partition coefficient (Wildman–Crippen LogP) is 5.73. The molecule has 0 aromatic rings. The second kappa shape index (κ2) is 14.0. The Morgan fingerprint density at radius 1 is 1.05 bits per heavy atom. The largest absolute Gasteiger partial charge is 0.353 e. The zero-order valence-corrected chi connectivity index (χ0v) is 14.5. The van der Waals surface area contributed by atoms with Crippen molar-refractivity contribution in [3.05, 3.63) is 0 Å². The van der Waals surface area contributed by atoms with Crippen LogP contribution in [0.5, 0.6) is 0 Å². The lowest BCUT2D eigenvalue weighted by Gasteiger charge is -2.26. The molecular formula is C19H35NO2. The van der Waals surface area contributed by atoms with Crippen molar-refractivity contribution in [2.24, 2.45) is 0 Å². The van der Waals surface area contributed by atoms with Crippen molar-refractivity contribution in [1.29, 1.82) is 5.26 Å². The molecule has 1 aliphatic rings. The summed E-state index contributed by atoms with van der Waals surface area (Å²) in [4.78, 5) is 0. The molecule has 1 heterocycles. The Hall–Kier alpha value is -0.590. The maximum Gasteiger partial charge on any atom is 0.157 e. The summed E-state index contributed by atoms with van der Waals surface area (Å²) in [5.41, 5.74) is 0. The Balaban J connectivity index is 2.00. The number of ether oxygens (including phenoxy) is 2. The van der Waals surface area contributed by atoms with Crippen LogP contribution in [0.25, 0.3) is 0 Å². The molecule has 1 aliphatic heterocycles. The minimum Gasteiger partial charge on any atom is -0.353 e. The van der Waals surface area contributed by atoms with E-state index in [0.29, 0.717) is 6.42 Å². The number of nitriles is 1. The van der Waals surface area contributed by atoms with Crippen molar-refractivity contribution in [3.63, 3.8) is 0 Å². The normalized spacial score (nSPS) is 19.7. The Morgan fingerprint density at radius 3 is 2.32 bits per heavy atom. The summed E-state index contributed by atoms with van der Waals surface area (Å²) >= 11 is 0. The van der Waals surface area contributed by atoms with Gasteiger partial charge in [0.15, 0.2) is 6.29 Å². The van der Waals surface area contributed by atoms with E-state index in [0.717, 1.165) is 25.9 Å². The van der Waals surface area contributed by atoms with Gasteiger partial charge in [-0.05, 0) is 25.7 Å². The third-order valence-corrected chi connectivity index (χ3v) is 4.43. The molecule has 1 rings (SSSR count). The van der Waals surface area contributed by atoms with Gasteiger partial charge >= 0.3 is 0 Å². The first-order chi connectivity index (χ1) is 10.9. The molecule has 1 fully saturated rings. The number of hydrogen-bond acceptors (Lipinski definition) is 3. The van der Waals surface area contributed by atoms with Crippen LogP contribution in [-0.4, -0.2) is 19.0 Å². The molecule has 0 saturated carbocycles. The smallest absolute Gasteiger partial charge is 0.157 e. The maximum absolute atomic E-state index is 8.94. The van der Waals surface area contributed by atoms with Gasteiger partial charge in [0.05, 0.1) is 18.6 Å². The standard InChI is InChI=1S/C19H35NO2/c1-2-3-4-5-6-7-8-9-10-13-18(15-16-20)22-19-14-11-12-17-21-19/h18-19H,2-15,17H2,1H3. The zero-order chi connectivity index (χ0) is 15.9. The monoisotopic (exact) mass is 309 g/mol. The van der Waals surface area contributed by atoms with Crippen LogP contribution in [0.4, 0.5) is 0 Å². The molecule has 0 aromatic carbocycles. The average molecular weight is 309 g/mol. The fourth-order valence-corrected chi connectivity index (χ4v) is 3.04. The van der Waals surface area contributed by atoms with Crippen molar-refractivity contribution in [3.8, 4) is 6.07 Å². The summed E-state index contributed by atoms with van der Waals surface area (Å²) in [5, 5.41) is 8.94. The van der Waals surface area contributed by atoms with Crippen LogP contribution >= 0.6 is 0 Å². The summed E-state index contributed by atoms with van der Waals surface area (Å²) in [5.74, 6) is 0. The van der Waals surface area contributed by atoms with Crippen LogP contribution in [-0.2, 0) is 9.47 Å². The molecule has 0 amide bonds. The summed E-state index contributed by atoms with van der Waals surface area (Å²) in [6.45, 7) is 3.07. The highest BCUT2D eigenvalue weighted by Gasteiger charge is 2.19. The van der Waals surface area contributed by atoms with Gasteiger partial charge in [-0.2, -0.15) is 5.26 Å². The molecule has 128 valence electrons. The lowest BCUT2D eigenvalue weighted by atomic mass is 10.0. The number of rotatable bonds is 13.